The van der Waals surface area contributed by atoms with E-state index in [2.05, 4.69) is 16.6 Å². The summed E-state index contributed by atoms with van der Waals surface area (Å²) < 4.78 is 58.5. The number of amidine groups is 1. The van der Waals surface area contributed by atoms with Crippen LogP contribution in [0.15, 0.2) is 65.0 Å². The predicted molar refractivity (Wildman–Crippen MR) is 176 cm³/mol. The largest absolute Gasteiger partial charge is 0.507 e. The quantitative estimate of drug-likeness (QED) is 0.303. The lowest BCUT2D eigenvalue weighted by Crippen LogP contribution is -2.64. The minimum atomic E-state index is -3.92. The number of hydrogen-bond acceptors (Lipinski definition) is 9. The van der Waals surface area contributed by atoms with Crippen LogP contribution in [0, 0.1) is 11.6 Å². The van der Waals surface area contributed by atoms with Gasteiger partial charge in [0.1, 0.15) is 28.9 Å². The third-order valence-electron chi connectivity index (χ3n) is 8.40. The third kappa shape index (κ3) is 5.58. The fourth-order valence-corrected chi connectivity index (χ4v) is 8.10. The van der Waals surface area contributed by atoms with Crippen LogP contribution in [0.25, 0.3) is 11.3 Å². The van der Waals surface area contributed by atoms with Crippen molar-refractivity contribution in [1.82, 2.24) is 14.8 Å². The van der Waals surface area contributed by atoms with Gasteiger partial charge in [-0.15, -0.1) is 0 Å². The smallest absolute Gasteiger partial charge is 0.246 e. The lowest BCUT2D eigenvalue weighted by atomic mass is 10.0. The van der Waals surface area contributed by atoms with Gasteiger partial charge in [0.15, 0.2) is 15.7 Å². The maximum Gasteiger partial charge on any atom is 0.246 e. The first-order chi connectivity index (χ1) is 21.6. The van der Waals surface area contributed by atoms with Crippen LogP contribution in [-0.4, -0.2) is 91.8 Å². The normalized spacial score (nSPS) is 20.1. The number of fused-ring (bicyclic) bond motifs is 1. The van der Waals surface area contributed by atoms with Crippen molar-refractivity contribution in [2.24, 2.45) is 4.99 Å². The standard InChI is InChI=1S/C32H37F2N5O5SSi/c1-6-19-10-8-13-24(45(43,44)18(3)4)28(19)39-30-20(16-22(34)27(35-30)26-21(33)11-9-12-23(26)40)29(36-31(39)42)38-15-14-37(25(41)7-2)17-32(38,5)46/h7-13,16,18,31,40,42H,2,6,14-15,17H2,1,3-5,46H3/t31?,32-/m0/s1. The lowest BCUT2D eigenvalue weighted by molar-refractivity contribution is -0.128. The van der Waals surface area contributed by atoms with Crippen LogP contribution in [-0.2, 0) is 21.1 Å². The van der Waals surface area contributed by atoms with Crippen molar-refractivity contribution in [3.63, 3.8) is 0 Å². The number of nitrogens with zero attached hydrogens (tertiary/aromatic N) is 5. The SMILES string of the molecule is C=CC(=O)N1CCN(C2=NC(O)N(c3c(CC)cccc3S(=O)(=O)C(C)C)c3nc(-c4c(O)cccc4F)c(F)cc32)[C@@](C)([SiH3])C1. The number of para-hydroxylation sites is 1. The number of aliphatic hydroxyl groups excluding tert-OH is 1. The summed E-state index contributed by atoms with van der Waals surface area (Å²) in [5, 5.41) is 20.9. The molecule has 1 aromatic heterocycles. The van der Waals surface area contributed by atoms with E-state index in [0.717, 1.165) is 12.1 Å². The fraction of sp³-hybridized carbons (Fsp3) is 0.344. The van der Waals surface area contributed by atoms with Crippen molar-refractivity contribution in [2.75, 3.05) is 24.5 Å². The van der Waals surface area contributed by atoms with Gasteiger partial charge in [-0.3, -0.25) is 9.69 Å². The molecule has 5 rings (SSSR count). The zero-order valence-electron chi connectivity index (χ0n) is 26.3. The average molecular weight is 670 g/mol. The number of phenols is 1. The minimum Gasteiger partial charge on any atom is -0.507 e. The molecule has 3 heterocycles. The van der Waals surface area contributed by atoms with E-state index in [1.54, 1.807) is 30.9 Å². The summed E-state index contributed by atoms with van der Waals surface area (Å²) in [6.07, 6.45) is -0.108. The van der Waals surface area contributed by atoms with Crippen molar-refractivity contribution in [1.29, 1.82) is 0 Å². The lowest BCUT2D eigenvalue weighted by Gasteiger charge is -2.50. The Morgan fingerprint density at radius 1 is 1.20 bits per heavy atom. The number of phenolic OH excluding ortho intramolecular Hbond substituents is 1. The molecule has 1 amide bonds. The molecular weight excluding hydrogens is 633 g/mol. The first-order valence-electron chi connectivity index (χ1n) is 14.9. The van der Waals surface area contributed by atoms with E-state index in [1.165, 1.54) is 29.2 Å². The van der Waals surface area contributed by atoms with E-state index >= 15 is 8.78 Å². The molecule has 2 aromatic carbocycles. The van der Waals surface area contributed by atoms with Crippen LogP contribution >= 0.6 is 0 Å². The number of aryl methyl sites for hydroxylation is 1. The molecule has 1 saturated heterocycles. The first kappa shape index (κ1) is 33.2. The summed E-state index contributed by atoms with van der Waals surface area (Å²) in [7, 11) is -3.39. The van der Waals surface area contributed by atoms with Crippen LogP contribution in [0.4, 0.5) is 20.3 Å². The number of aliphatic imine (C=N–C) groups is 1. The van der Waals surface area contributed by atoms with Gasteiger partial charge in [0, 0.05) is 35.0 Å². The van der Waals surface area contributed by atoms with Crippen LogP contribution in [0.2, 0.25) is 0 Å². The Bertz CT molecular complexity index is 1850. The van der Waals surface area contributed by atoms with Gasteiger partial charge in [0.05, 0.1) is 27.0 Å². The Hall–Kier alpha value is -4.14. The summed E-state index contributed by atoms with van der Waals surface area (Å²) in [6, 6.07) is 9.42. The highest BCUT2D eigenvalue weighted by Gasteiger charge is 2.43. The molecule has 244 valence electrons. The molecule has 1 fully saturated rings. The van der Waals surface area contributed by atoms with Gasteiger partial charge in [-0.1, -0.05) is 31.7 Å². The average Bonchev–Trinajstić information content (AvgIpc) is 3.00. The van der Waals surface area contributed by atoms with Crippen molar-refractivity contribution in [2.45, 2.75) is 55.8 Å². The van der Waals surface area contributed by atoms with Crippen LogP contribution in [0.3, 0.4) is 0 Å². The highest BCUT2D eigenvalue weighted by atomic mass is 32.2. The van der Waals surface area contributed by atoms with Crippen LogP contribution in [0.5, 0.6) is 5.75 Å². The summed E-state index contributed by atoms with van der Waals surface area (Å²) in [4.78, 5) is 26.3. The second-order valence-corrected chi connectivity index (χ2v) is 16.8. The van der Waals surface area contributed by atoms with Crippen molar-refractivity contribution in [3.05, 3.63) is 77.9 Å². The predicted octanol–water partition coefficient (Wildman–Crippen LogP) is 3.06. The van der Waals surface area contributed by atoms with E-state index in [-0.39, 0.29) is 33.7 Å². The third-order valence-corrected chi connectivity index (χ3v) is 11.4. The molecule has 2 aliphatic heterocycles. The van der Waals surface area contributed by atoms with Crippen LogP contribution in [0.1, 0.15) is 38.8 Å². The number of benzene rings is 2. The number of aromatic nitrogens is 1. The summed E-state index contributed by atoms with van der Waals surface area (Å²) in [5.41, 5.74) is -0.203. The number of carbonyl (C=O) groups excluding carboxylic acids is 1. The van der Waals surface area contributed by atoms with Crippen molar-refractivity contribution in [3.8, 4) is 17.0 Å². The molecule has 3 aromatic rings. The summed E-state index contributed by atoms with van der Waals surface area (Å²) in [5.74, 6) is -2.53. The zero-order valence-corrected chi connectivity index (χ0v) is 29.1. The molecule has 10 nitrogen and oxygen atoms in total. The Morgan fingerprint density at radius 3 is 2.50 bits per heavy atom. The molecule has 14 heteroatoms. The molecule has 2 N–H and O–H groups in total. The van der Waals surface area contributed by atoms with Gasteiger partial charge in [0.2, 0.25) is 12.3 Å². The second-order valence-electron chi connectivity index (χ2n) is 12.1. The molecule has 0 spiro atoms. The number of aliphatic hydroxyl groups is 1. The summed E-state index contributed by atoms with van der Waals surface area (Å²) >= 11 is 0. The van der Waals surface area contributed by atoms with Gasteiger partial charge in [0.25, 0.3) is 0 Å². The number of halogens is 2. The summed E-state index contributed by atoms with van der Waals surface area (Å²) in [6.45, 7) is 11.4. The molecule has 2 atom stereocenters. The number of anilines is 2. The maximum absolute atomic E-state index is 16.1. The molecular formula is C32H37F2N5O5SSi. The minimum absolute atomic E-state index is 0.0697. The van der Waals surface area contributed by atoms with Crippen molar-refractivity contribution >= 4 is 43.3 Å². The van der Waals surface area contributed by atoms with Gasteiger partial charge in [-0.05, 0) is 63.1 Å². The zero-order chi connectivity index (χ0) is 33.7. The van der Waals surface area contributed by atoms with E-state index in [0.29, 0.717) is 41.9 Å². The Balaban J connectivity index is 1.80. The van der Waals surface area contributed by atoms with Gasteiger partial charge in [-0.2, -0.15) is 0 Å². The highest BCUT2D eigenvalue weighted by molar-refractivity contribution is 7.92. The highest BCUT2D eigenvalue weighted by Crippen LogP contribution is 2.44. The van der Waals surface area contributed by atoms with E-state index < -0.39 is 55.2 Å². The number of rotatable bonds is 6. The molecule has 0 radical (unpaired) electrons. The Labute approximate surface area is 270 Å². The number of piperazine rings is 1. The maximum atomic E-state index is 16.1. The Kier molecular flexibility index (Phi) is 8.83. The monoisotopic (exact) mass is 669 g/mol. The number of carbonyl (C=O) groups is 1. The molecule has 0 saturated carbocycles. The van der Waals surface area contributed by atoms with E-state index in [9.17, 15) is 23.4 Å². The van der Waals surface area contributed by atoms with Crippen LogP contribution < -0.4 is 4.90 Å². The molecule has 0 bridgehead atoms. The number of hydrogen-bond donors (Lipinski definition) is 2. The van der Waals surface area contributed by atoms with E-state index in [1.807, 2.05) is 18.7 Å². The molecule has 2 aliphatic rings. The Morgan fingerprint density at radius 2 is 1.89 bits per heavy atom. The molecule has 46 heavy (non-hydrogen) atoms. The van der Waals surface area contributed by atoms with Gasteiger partial charge >= 0.3 is 0 Å². The van der Waals surface area contributed by atoms with Gasteiger partial charge < -0.3 is 20.0 Å². The first-order valence-corrected chi connectivity index (χ1v) is 17.5. The number of amides is 1. The second kappa shape index (κ2) is 12.2. The van der Waals surface area contributed by atoms with E-state index in [4.69, 9.17) is 0 Å². The number of aromatic hydroxyl groups is 1. The molecule has 0 aliphatic carbocycles. The molecule has 1 unspecified atom stereocenters. The topological polar surface area (TPSA) is 127 Å². The fourth-order valence-electron chi connectivity index (χ4n) is 6.01. The van der Waals surface area contributed by atoms with Crippen molar-refractivity contribution < 1.29 is 32.2 Å². The number of sulfone groups is 1. The van der Waals surface area contributed by atoms with Gasteiger partial charge in [-0.25, -0.2) is 27.2 Å². The number of pyridine rings is 1.